The first kappa shape index (κ1) is 21.3. The number of benzene rings is 2. The van der Waals surface area contributed by atoms with E-state index >= 15 is 0 Å². The lowest BCUT2D eigenvalue weighted by molar-refractivity contribution is -0.124. The van der Waals surface area contributed by atoms with E-state index in [2.05, 4.69) is 10.6 Å². The van der Waals surface area contributed by atoms with Crippen molar-refractivity contribution in [2.24, 2.45) is 5.92 Å². The number of ether oxygens (including phenoxy) is 2. The standard InChI is InChI=1S/C22H28N2O4/c1-14(2)20(24-21(25)17-8-6-7-15(3)11-17)22(26)23-13-16-9-10-18(27-4)19(12-16)28-5/h6-12,14,20H,13H2,1-5H3,(H,23,26)(H,24,25)/t20-/m0/s1. The van der Waals surface area contributed by atoms with Crippen LogP contribution in [-0.2, 0) is 11.3 Å². The van der Waals surface area contributed by atoms with Crippen molar-refractivity contribution >= 4 is 11.8 Å². The zero-order valence-electron chi connectivity index (χ0n) is 17.0. The SMILES string of the molecule is COc1ccc(CNC(=O)[C@@H](NC(=O)c2cccc(C)c2)C(C)C)cc1OC. The molecule has 0 saturated heterocycles. The molecule has 0 fully saturated rings. The van der Waals surface area contributed by atoms with Crippen LogP contribution < -0.4 is 20.1 Å². The normalized spacial score (nSPS) is 11.6. The van der Waals surface area contributed by atoms with Gasteiger partial charge in [-0.2, -0.15) is 0 Å². The molecule has 0 aliphatic carbocycles. The molecule has 28 heavy (non-hydrogen) atoms. The quantitative estimate of drug-likeness (QED) is 0.733. The lowest BCUT2D eigenvalue weighted by Crippen LogP contribution is -2.49. The Morgan fingerprint density at radius 3 is 2.32 bits per heavy atom. The Hall–Kier alpha value is -3.02. The molecule has 2 rings (SSSR count). The number of carbonyl (C=O) groups is 2. The minimum absolute atomic E-state index is 0.0563. The van der Waals surface area contributed by atoms with Crippen molar-refractivity contribution < 1.29 is 19.1 Å². The molecule has 0 aliphatic heterocycles. The van der Waals surface area contributed by atoms with E-state index in [1.807, 2.05) is 45.0 Å². The van der Waals surface area contributed by atoms with E-state index in [1.165, 1.54) is 0 Å². The molecule has 2 amide bonds. The third-order valence-corrected chi connectivity index (χ3v) is 4.43. The van der Waals surface area contributed by atoms with Crippen LogP contribution in [0.1, 0.15) is 35.3 Å². The number of nitrogens with one attached hydrogen (secondary N) is 2. The first-order valence-electron chi connectivity index (χ1n) is 9.21. The van der Waals surface area contributed by atoms with Gasteiger partial charge >= 0.3 is 0 Å². The zero-order chi connectivity index (χ0) is 20.7. The second kappa shape index (κ2) is 9.78. The van der Waals surface area contributed by atoms with Gasteiger partial charge in [-0.05, 0) is 42.7 Å². The highest BCUT2D eigenvalue weighted by Crippen LogP contribution is 2.27. The Morgan fingerprint density at radius 2 is 1.71 bits per heavy atom. The third kappa shape index (κ3) is 5.49. The number of hydrogen-bond acceptors (Lipinski definition) is 4. The molecule has 0 unspecified atom stereocenters. The van der Waals surface area contributed by atoms with Crippen molar-refractivity contribution in [3.8, 4) is 11.5 Å². The van der Waals surface area contributed by atoms with E-state index < -0.39 is 6.04 Å². The van der Waals surface area contributed by atoms with Gasteiger partial charge in [0.2, 0.25) is 5.91 Å². The van der Waals surface area contributed by atoms with Crippen molar-refractivity contribution in [2.45, 2.75) is 33.4 Å². The predicted octanol–water partition coefficient (Wildman–Crippen LogP) is 3.08. The van der Waals surface area contributed by atoms with E-state index in [9.17, 15) is 9.59 Å². The monoisotopic (exact) mass is 384 g/mol. The van der Waals surface area contributed by atoms with Gasteiger partial charge in [-0.25, -0.2) is 0 Å². The molecule has 6 heteroatoms. The molecule has 2 N–H and O–H groups in total. The average molecular weight is 384 g/mol. The molecule has 0 spiro atoms. The molecule has 0 bridgehead atoms. The molecule has 0 aromatic heterocycles. The molecule has 0 aliphatic rings. The summed E-state index contributed by atoms with van der Waals surface area (Å²) in [7, 11) is 3.14. The maximum Gasteiger partial charge on any atom is 0.251 e. The summed E-state index contributed by atoms with van der Waals surface area (Å²) in [4.78, 5) is 25.2. The highest BCUT2D eigenvalue weighted by molar-refractivity contribution is 5.97. The second-order valence-corrected chi connectivity index (χ2v) is 6.97. The molecule has 1 atom stereocenters. The highest BCUT2D eigenvalue weighted by Gasteiger charge is 2.24. The topological polar surface area (TPSA) is 76.7 Å². The van der Waals surface area contributed by atoms with Gasteiger partial charge in [0.05, 0.1) is 14.2 Å². The average Bonchev–Trinajstić information content (AvgIpc) is 2.69. The van der Waals surface area contributed by atoms with Crippen LogP contribution in [0.25, 0.3) is 0 Å². The third-order valence-electron chi connectivity index (χ3n) is 4.43. The van der Waals surface area contributed by atoms with Gasteiger partial charge in [-0.1, -0.05) is 37.6 Å². The largest absolute Gasteiger partial charge is 0.493 e. The summed E-state index contributed by atoms with van der Waals surface area (Å²) >= 11 is 0. The van der Waals surface area contributed by atoms with Gasteiger partial charge in [-0.15, -0.1) is 0 Å². The fourth-order valence-corrected chi connectivity index (χ4v) is 2.84. The number of hydrogen-bond donors (Lipinski definition) is 2. The molecule has 6 nitrogen and oxygen atoms in total. The van der Waals surface area contributed by atoms with E-state index in [0.717, 1.165) is 11.1 Å². The van der Waals surface area contributed by atoms with Gasteiger partial charge in [0, 0.05) is 12.1 Å². The van der Waals surface area contributed by atoms with Crippen LogP contribution in [0, 0.1) is 12.8 Å². The Kier molecular flexibility index (Phi) is 7.44. The molecule has 2 aromatic rings. The molecule has 0 heterocycles. The first-order chi connectivity index (χ1) is 13.3. The number of amides is 2. The highest BCUT2D eigenvalue weighted by atomic mass is 16.5. The summed E-state index contributed by atoms with van der Waals surface area (Å²) in [6.07, 6.45) is 0. The number of methoxy groups -OCH3 is 2. The van der Waals surface area contributed by atoms with E-state index in [4.69, 9.17) is 9.47 Å². The summed E-state index contributed by atoms with van der Waals surface area (Å²) in [5, 5.41) is 5.73. The maximum absolute atomic E-state index is 12.7. The van der Waals surface area contributed by atoms with Gasteiger partial charge in [0.25, 0.3) is 5.91 Å². The van der Waals surface area contributed by atoms with Crippen molar-refractivity contribution in [1.29, 1.82) is 0 Å². The van der Waals surface area contributed by atoms with E-state index in [0.29, 0.717) is 23.6 Å². The van der Waals surface area contributed by atoms with E-state index in [-0.39, 0.29) is 17.7 Å². The van der Waals surface area contributed by atoms with Gasteiger partial charge in [-0.3, -0.25) is 9.59 Å². The Labute approximate surface area is 166 Å². The lowest BCUT2D eigenvalue weighted by atomic mass is 10.0. The second-order valence-electron chi connectivity index (χ2n) is 6.97. The van der Waals surface area contributed by atoms with Gasteiger partial charge < -0.3 is 20.1 Å². The molecular weight excluding hydrogens is 356 g/mol. The fourth-order valence-electron chi connectivity index (χ4n) is 2.84. The van der Waals surface area contributed by atoms with Crippen LogP contribution >= 0.6 is 0 Å². The Balaban J connectivity index is 2.04. The minimum Gasteiger partial charge on any atom is -0.493 e. The summed E-state index contributed by atoms with van der Waals surface area (Å²) in [6.45, 7) is 6.05. The fraction of sp³-hybridized carbons (Fsp3) is 0.364. The molecular formula is C22H28N2O4. The number of aryl methyl sites for hydroxylation is 1. The smallest absolute Gasteiger partial charge is 0.251 e. The summed E-state index contributed by atoms with van der Waals surface area (Å²) in [6, 6.07) is 12.1. The van der Waals surface area contributed by atoms with Crippen LogP contribution in [0.15, 0.2) is 42.5 Å². The van der Waals surface area contributed by atoms with Crippen LogP contribution in [0.5, 0.6) is 11.5 Å². The molecule has 2 aromatic carbocycles. The van der Waals surface area contributed by atoms with Crippen molar-refractivity contribution in [1.82, 2.24) is 10.6 Å². The molecule has 0 saturated carbocycles. The number of carbonyl (C=O) groups excluding carboxylic acids is 2. The predicted molar refractivity (Wildman–Crippen MR) is 109 cm³/mol. The maximum atomic E-state index is 12.7. The van der Waals surface area contributed by atoms with Gasteiger partial charge in [0.1, 0.15) is 6.04 Å². The van der Waals surface area contributed by atoms with Crippen LogP contribution in [-0.4, -0.2) is 32.1 Å². The van der Waals surface area contributed by atoms with Crippen LogP contribution in [0.3, 0.4) is 0 Å². The summed E-state index contributed by atoms with van der Waals surface area (Å²) in [5.74, 6) is 0.680. The first-order valence-corrected chi connectivity index (χ1v) is 9.21. The summed E-state index contributed by atoms with van der Waals surface area (Å²) < 4.78 is 10.5. The zero-order valence-corrected chi connectivity index (χ0v) is 17.0. The minimum atomic E-state index is -0.631. The molecule has 150 valence electrons. The van der Waals surface area contributed by atoms with Crippen molar-refractivity contribution in [3.05, 3.63) is 59.2 Å². The Morgan fingerprint density at radius 1 is 1.00 bits per heavy atom. The van der Waals surface area contributed by atoms with E-state index in [1.54, 1.807) is 32.4 Å². The van der Waals surface area contributed by atoms with Crippen molar-refractivity contribution in [3.63, 3.8) is 0 Å². The lowest BCUT2D eigenvalue weighted by Gasteiger charge is -2.22. The molecule has 0 radical (unpaired) electrons. The number of rotatable bonds is 8. The summed E-state index contributed by atoms with van der Waals surface area (Å²) in [5.41, 5.74) is 2.41. The van der Waals surface area contributed by atoms with Gasteiger partial charge in [0.15, 0.2) is 11.5 Å². The van der Waals surface area contributed by atoms with Crippen molar-refractivity contribution in [2.75, 3.05) is 14.2 Å². The van der Waals surface area contributed by atoms with Crippen LogP contribution in [0.4, 0.5) is 0 Å². The Bertz CT molecular complexity index is 833. The van der Waals surface area contributed by atoms with Crippen LogP contribution in [0.2, 0.25) is 0 Å².